The summed E-state index contributed by atoms with van der Waals surface area (Å²) in [6, 6.07) is 0.625. The highest BCUT2D eigenvalue weighted by atomic mass is 35.5. The van der Waals surface area contributed by atoms with Crippen molar-refractivity contribution in [2.75, 3.05) is 13.1 Å². The molecule has 1 heterocycles. The molecule has 0 bridgehead atoms. The number of nitrogens with two attached hydrogens (primary N) is 1. The van der Waals surface area contributed by atoms with Gasteiger partial charge in [-0.1, -0.05) is 0 Å². The minimum atomic E-state index is 0. The van der Waals surface area contributed by atoms with Crippen molar-refractivity contribution in [3.05, 3.63) is 0 Å². The Kier molecular flexibility index (Phi) is 8.97. The standard InChI is InChI=1S/C5H12N2.2ClH/c6-4-5-2-1-3-7-5;;/h5,7H,1-4,6H2;2*1H/t5-;;/m0../s1. The van der Waals surface area contributed by atoms with Crippen molar-refractivity contribution >= 4 is 24.8 Å². The van der Waals surface area contributed by atoms with E-state index in [2.05, 4.69) is 5.32 Å². The van der Waals surface area contributed by atoms with E-state index in [1.807, 2.05) is 0 Å². The van der Waals surface area contributed by atoms with Gasteiger partial charge in [-0.05, 0) is 19.4 Å². The minimum Gasteiger partial charge on any atom is -0.329 e. The second-order valence-electron chi connectivity index (χ2n) is 2.03. The fourth-order valence-electron chi connectivity index (χ4n) is 0.958. The molecule has 0 aliphatic carbocycles. The van der Waals surface area contributed by atoms with Crippen molar-refractivity contribution in [3.8, 4) is 0 Å². The molecule has 1 atom stereocenters. The maximum Gasteiger partial charge on any atom is 0.0190 e. The Labute approximate surface area is 68.4 Å². The van der Waals surface area contributed by atoms with E-state index in [9.17, 15) is 0 Å². The third-order valence-electron chi connectivity index (χ3n) is 1.45. The van der Waals surface area contributed by atoms with Crippen molar-refractivity contribution in [2.45, 2.75) is 18.9 Å². The van der Waals surface area contributed by atoms with Crippen LogP contribution in [0.1, 0.15) is 12.8 Å². The van der Waals surface area contributed by atoms with Gasteiger partial charge in [-0.25, -0.2) is 0 Å². The predicted molar refractivity (Wildman–Crippen MR) is 44.6 cm³/mol. The normalized spacial score (nSPS) is 24.3. The molecule has 0 radical (unpaired) electrons. The summed E-state index contributed by atoms with van der Waals surface area (Å²) in [5, 5.41) is 3.28. The van der Waals surface area contributed by atoms with E-state index in [0.29, 0.717) is 6.04 Å². The number of hydrogen-bond acceptors (Lipinski definition) is 2. The first-order chi connectivity index (χ1) is 3.43. The molecule has 9 heavy (non-hydrogen) atoms. The largest absolute Gasteiger partial charge is 0.329 e. The number of rotatable bonds is 1. The van der Waals surface area contributed by atoms with Crippen LogP contribution in [-0.4, -0.2) is 19.1 Å². The summed E-state index contributed by atoms with van der Waals surface area (Å²) < 4.78 is 0. The molecule has 1 saturated heterocycles. The molecule has 0 aromatic heterocycles. The highest BCUT2D eigenvalue weighted by Crippen LogP contribution is 2.01. The lowest BCUT2D eigenvalue weighted by atomic mass is 10.2. The summed E-state index contributed by atoms with van der Waals surface area (Å²) in [6.45, 7) is 1.97. The fraction of sp³-hybridized carbons (Fsp3) is 1.00. The van der Waals surface area contributed by atoms with Crippen molar-refractivity contribution in [2.24, 2.45) is 5.73 Å². The SMILES string of the molecule is Cl.Cl.NC[C@@H]1CCCN1. The molecule has 1 aliphatic rings. The predicted octanol–water partition coefficient (Wildman–Crippen LogP) is 0.541. The summed E-state index contributed by atoms with van der Waals surface area (Å²) in [4.78, 5) is 0. The minimum absolute atomic E-state index is 0. The van der Waals surface area contributed by atoms with Crippen molar-refractivity contribution < 1.29 is 0 Å². The average molecular weight is 173 g/mol. The Morgan fingerprint density at radius 3 is 2.33 bits per heavy atom. The molecule has 0 saturated carbocycles. The molecule has 0 aromatic carbocycles. The van der Waals surface area contributed by atoms with Gasteiger partial charge in [-0.3, -0.25) is 0 Å². The molecule has 1 aliphatic heterocycles. The zero-order valence-corrected chi connectivity index (χ0v) is 6.93. The lowest BCUT2D eigenvalue weighted by molar-refractivity contribution is 0.616. The molecule has 0 spiro atoms. The maximum atomic E-state index is 5.37. The van der Waals surface area contributed by atoms with Gasteiger partial charge in [-0.15, -0.1) is 24.8 Å². The van der Waals surface area contributed by atoms with Crippen molar-refractivity contribution in [3.63, 3.8) is 0 Å². The third kappa shape index (κ3) is 3.98. The highest BCUT2D eigenvalue weighted by Gasteiger charge is 2.09. The van der Waals surface area contributed by atoms with Crippen LogP contribution >= 0.6 is 24.8 Å². The Morgan fingerprint density at radius 1 is 1.44 bits per heavy atom. The maximum absolute atomic E-state index is 5.37. The summed E-state index contributed by atoms with van der Waals surface area (Å²) in [5.74, 6) is 0. The van der Waals surface area contributed by atoms with E-state index >= 15 is 0 Å². The zero-order chi connectivity index (χ0) is 5.11. The summed E-state index contributed by atoms with van der Waals surface area (Å²) in [7, 11) is 0. The third-order valence-corrected chi connectivity index (χ3v) is 1.45. The smallest absolute Gasteiger partial charge is 0.0190 e. The van der Waals surface area contributed by atoms with Crippen LogP contribution in [0.2, 0.25) is 0 Å². The van der Waals surface area contributed by atoms with E-state index in [1.165, 1.54) is 19.4 Å². The van der Waals surface area contributed by atoms with Gasteiger partial charge in [0.25, 0.3) is 0 Å². The molecular weight excluding hydrogens is 159 g/mol. The van der Waals surface area contributed by atoms with Crippen LogP contribution in [0.4, 0.5) is 0 Å². The van der Waals surface area contributed by atoms with E-state index in [0.717, 1.165) is 6.54 Å². The van der Waals surface area contributed by atoms with Gasteiger partial charge in [0.15, 0.2) is 0 Å². The summed E-state index contributed by atoms with van der Waals surface area (Å²) >= 11 is 0. The molecule has 0 unspecified atom stereocenters. The molecule has 1 rings (SSSR count). The topological polar surface area (TPSA) is 38.0 Å². The van der Waals surface area contributed by atoms with Gasteiger partial charge in [0.05, 0.1) is 0 Å². The molecule has 3 N–H and O–H groups in total. The average Bonchev–Trinajstić information content (AvgIpc) is 2.14. The Hall–Kier alpha value is 0.500. The molecule has 4 heteroatoms. The quantitative estimate of drug-likeness (QED) is 0.607. The van der Waals surface area contributed by atoms with Gasteiger partial charge >= 0.3 is 0 Å². The Bertz CT molecular complexity index is 54.9. The molecular formula is C5H14Cl2N2. The highest BCUT2D eigenvalue weighted by molar-refractivity contribution is 5.85. The Morgan fingerprint density at radius 2 is 2.11 bits per heavy atom. The molecule has 0 aromatic rings. The zero-order valence-electron chi connectivity index (χ0n) is 5.30. The van der Waals surface area contributed by atoms with Gasteiger partial charge in [-0.2, -0.15) is 0 Å². The monoisotopic (exact) mass is 172 g/mol. The van der Waals surface area contributed by atoms with Crippen molar-refractivity contribution in [1.29, 1.82) is 0 Å². The van der Waals surface area contributed by atoms with E-state index in [4.69, 9.17) is 5.73 Å². The van der Waals surface area contributed by atoms with Gasteiger partial charge in [0.2, 0.25) is 0 Å². The summed E-state index contributed by atoms with van der Waals surface area (Å²) in [5.41, 5.74) is 5.37. The first-order valence-corrected chi connectivity index (χ1v) is 2.87. The number of nitrogens with one attached hydrogen (secondary N) is 1. The number of hydrogen-bond donors (Lipinski definition) is 2. The van der Waals surface area contributed by atoms with E-state index in [1.54, 1.807) is 0 Å². The first-order valence-electron chi connectivity index (χ1n) is 2.87. The van der Waals surface area contributed by atoms with E-state index < -0.39 is 0 Å². The molecule has 1 fully saturated rings. The second kappa shape index (κ2) is 6.62. The second-order valence-corrected chi connectivity index (χ2v) is 2.03. The van der Waals surface area contributed by atoms with Gasteiger partial charge < -0.3 is 11.1 Å². The van der Waals surface area contributed by atoms with Crippen molar-refractivity contribution in [1.82, 2.24) is 5.32 Å². The number of halogens is 2. The lowest BCUT2D eigenvalue weighted by Gasteiger charge is -2.02. The molecule has 2 nitrogen and oxygen atoms in total. The van der Waals surface area contributed by atoms with Crippen LogP contribution in [-0.2, 0) is 0 Å². The van der Waals surface area contributed by atoms with E-state index in [-0.39, 0.29) is 24.8 Å². The molecule has 0 amide bonds. The first kappa shape index (κ1) is 12.2. The van der Waals surface area contributed by atoms with Crippen LogP contribution in [0.5, 0.6) is 0 Å². The summed E-state index contributed by atoms with van der Waals surface area (Å²) in [6.07, 6.45) is 2.58. The van der Waals surface area contributed by atoms with Gasteiger partial charge in [0.1, 0.15) is 0 Å². The lowest BCUT2D eigenvalue weighted by Crippen LogP contribution is -2.29. The van der Waals surface area contributed by atoms with Crippen LogP contribution in [0, 0.1) is 0 Å². The van der Waals surface area contributed by atoms with Crippen LogP contribution in [0.25, 0.3) is 0 Å². The Balaban J connectivity index is 0. The fourth-order valence-corrected chi connectivity index (χ4v) is 0.958. The molecule has 58 valence electrons. The van der Waals surface area contributed by atoms with Crippen LogP contribution in [0.15, 0.2) is 0 Å². The van der Waals surface area contributed by atoms with Crippen LogP contribution < -0.4 is 11.1 Å². The van der Waals surface area contributed by atoms with Crippen LogP contribution in [0.3, 0.4) is 0 Å². The van der Waals surface area contributed by atoms with Gasteiger partial charge in [0, 0.05) is 12.6 Å².